The quantitative estimate of drug-likeness (QED) is 0.379. The van der Waals surface area contributed by atoms with Crippen LogP contribution in [0.25, 0.3) is 0 Å². The number of nitrogens with one attached hydrogen (secondary N) is 1. The highest BCUT2D eigenvalue weighted by Crippen LogP contribution is 2.29. The summed E-state index contributed by atoms with van der Waals surface area (Å²) in [7, 11) is 0. The van der Waals surface area contributed by atoms with Gasteiger partial charge in [-0.3, -0.25) is 9.48 Å². The van der Waals surface area contributed by atoms with Crippen LogP contribution in [0.2, 0.25) is 5.02 Å². The zero-order valence-electron chi connectivity index (χ0n) is 18.2. The summed E-state index contributed by atoms with van der Waals surface area (Å²) in [6.07, 6.45) is 0. The molecule has 0 aliphatic heterocycles. The van der Waals surface area contributed by atoms with Crippen LogP contribution < -0.4 is 10.1 Å². The van der Waals surface area contributed by atoms with Gasteiger partial charge in [0.15, 0.2) is 5.76 Å². The monoisotopic (exact) mass is 449 g/mol. The molecule has 0 radical (unpaired) electrons. The average Bonchev–Trinajstić information content (AvgIpc) is 3.35. The number of aryl methyl sites for hydroxylation is 2. The van der Waals surface area contributed by atoms with Gasteiger partial charge in [-0.1, -0.05) is 54.1 Å². The molecule has 0 unspecified atom stereocenters. The van der Waals surface area contributed by atoms with Crippen molar-refractivity contribution in [2.24, 2.45) is 0 Å². The van der Waals surface area contributed by atoms with Crippen molar-refractivity contribution in [1.29, 1.82) is 0 Å². The Balaban J connectivity index is 1.43. The Morgan fingerprint density at radius 3 is 2.59 bits per heavy atom. The number of carbonyl (C=O) groups is 1. The van der Waals surface area contributed by atoms with Crippen LogP contribution in [0, 0.1) is 20.8 Å². The zero-order valence-corrected chi connectivity index (χ0v) is 18.9. The summed E-state index contributed by atoms with van der Waals surface area (Å²) >= 11 is 6.20. The van der Waals surface area contributed by atoms with E-state index in [-0.39, 0.29) is 18.3 Å². The molecule has 0 spiro atoms. The smallest absolute Gasteiger partial charge is 0.291 e. The van der Waals surface area contributed by atoms with E-state index in [4.69, 9.17) is 20.8 Å². The molecule has 7 heteroatoms. The third-order valence-electron chi connectivity index (χ3n) is 5.20. The number of para-hydroxylation sites is 1. The highest BCUT2D eigenvalue weighted by molar-refractivity contribution is 6.32. The van der Waals surface area contributed by atoms with E-state index < -0.39 is 0 Å². The number of halogens is 1. The number of amides is 1. The molecule has 4 rings (SSSR count). The highest BCUT2D eigenvalue weighted by atomic mass is 35.5. The minimum atomic E-state index is -0.337. The predicted molar refractivity (Wildman–Crippen MR) is 124 cm³/mol. The second-order valence-electron chi connectivity index (χ2n) is 7.58. The van der Waals surface area contributed by atoms with E-state index in [1.807, 2.05) is 67.9 Å². The van der Waals surface area contributed by atoms with Crippen LogP contribution in [-0.4, -0.2) is 15.7 Å². The fourth-order valence-corrected chi connectivity index (χ4v) is 3.76. The maximum absolute atomic E-state index is 12.8. The molecule has 1 amide bonds. The summed E-state index contributed by atoms with van der Waals surface area (Å²) < 4.78 is 13.4. The molecule has 4 aromatic rings. The fourth-order valence-electron chi connectivity index (χ4n) is 3.48. The van der Waals surface area contributed by atoms with E-state index in [2.05, 4.69) is 10.4 Å². The zero-order chi connectivity index (χ0) is 22.7. The van der Waals surface area contributed by atoms with E-state index in [0.717, 1.165) is 22.5 Å². The summed E-state index contributed by atoms with van der Waals surface area (Å²) in [5.74, 6) is 1.00. The number of anilines is 1. The van der Waals surface area contributed by atoms with Crippen LogP contribution >= 0.6 is 11.6 Å². The Bertz CT molecular complexity index is 1220. The lowest BCUT2D eigenvalue weighted by Crippen LogP contribution is -2.12. The summed E-state index contributed by atoms with van der Waals surface area (Å²) in [5.41, 5.74) is 4.38. The molecule has 2 aromatic heterocycles. The first-order valence-corrected chi connectivity index (χ1v) is 10.7. The number of carbonyl (C=O) groups excluding carboxylic acids is 1. The number of ether oxygens (including phenoxy) is 1. The molecule has 32 heavy (non-hydrogen) atoms. The summed E-state index contributed by atoms with van der Waals surface area (Å²) in [4.78, 5) is 12.8. The summed E-state index contributed by atoms with van der Waals surface area (Å²) in [6.45, 7) is 6.53. The fraction of sp³-hybridized carbons (Fsp3) is 0.200. The van der Waals surface area contributed by atoms with Gasteiger partial charge in [-0.25, -0.2) is 0 Å². The highest BCUT2D eigenvalue weighted by Gasteiger charge is 2.18. The number of nitrogens with zero attached hydrogens (tertiary/aromatic N) is 2. The molecule has 164 valence electrons. The third kappa shape index (κ3) is 4.70. The van der Waals surface area contributed by atoms with E-state index >= 15 is 0 Å². The van der Waals surface area contributed by atoms with Crippen molar-refractivity contribution >= 4 is 23.2 Å². The van der Waals surface area contributed by atoms with Crippen LogP contribution in [0.3, 0.4) is 0 Å². The Hall–Kier alpha value is -3.51. The number of furan rings is 1. The molecule has 0 saturated carbocycles. The largest absolute Gasteiger partial charge is 0.484 e. The lowest BCUT2D eigenvalue weighted by atomic mass is 10.2. The van der Waals surface area contributed by atoms with Gasteiger partial charge in [0.05, 0.1) is 28.6 Å². The molecule has 0 atom stereocenters. The van der Waals surface area contributed by atoms with E-state index in [0.29, 0.717) is 28.8 Å². The lowest BCUT2D eigenvalue weighted by Gasteiger charge is -2.09. The molecule has 6 nitrogen and oxygen atoms in total. The van der Waals surface area contributed by atoms with E-state index in [1.165, 1.54) is 0 Å². The van der Waals surface area contributed by atoms with E-state index in [9.17, 15) is 4.79 Å². The number of aromatic nitrogens is 2. The molecule has 0 bridgehead atoms. The molecular weight excluding hydrogens is 426 g/mol. The van der Waals surface area contributed by atoms with Gasteiger partial charge in [0.25, 0.3) is 5.91 Å². The van der Waals surface area contributed by atoms with Crippen molar-refractivity contribution in [2.45, 2.75) is 33.9 Å². The van der Waals surface area contributed by atoms with Crippen molar-refractivity contribution in [1.82, 2.24) is 9.78 Å². The molecule has 2 heterocycles. The van der Waals surface area contributed by atoms with Crippen LogP contribution in [0.5, 0.6) is 5.75 Å². The second-order valence-corrected chi connectivity index (χ2v) is 7.99. The Labute approximate surface area is 191 Å². The molecule has 0 saturated heterocycles. The molecule has 0 fully saturated rings. The van der Waals surface area contributed by atoms with Crippen LogP contribution in [0.1, 0.15) is 38.8 Å². The number of hydrogen-bond acceptors (Lipinski definition) is 4. The van der Waals surface area contributed by atoms with Gasteiger partial charge in [0.2, 0.25) is 0 Å². The standard InChI is InChI=1S/C25H24ClN3O3/c1-16-8-7-11-21(26)24(16)31-15-20-12-13-22(32-20)25(30)27-23-17(2)28-29(18(23)3)14-19-9-5-4-6-10-19/h4-13H,14-15H2,1-3H3,(H,27,30). The first-order valence-electron chi connectivity index (χ1n) is 10.3. The minimum Gasteiger partial charge on any atom is -0.484 e. The van der Waals surface area contributed by atoms with Gasteiger partial charge in [-0.2, -0.15) is 5.10 Å². The predicted octanol–water partition coefficient (Wildman–Crippen LogP) is 5.93. The van der Waals surface area contributed by atoms with Crippen molar-refractivity contribution in [3.8, 4) is 5.75 Å². The SMILES string of the molecule is Cc1cccc(Cl)c1OCc1ccc(C(=O)Nc2c(C)nn(Cc3ccccc3)c2C)o1. The van der Waals surface area contributed by atoms with Gasteiger partial charge in [-0.15, -0.1) is 0 Å². The van der Waals surface area contributed by atoms with Crippen molar-refractivity contribution in [2.75, 3.05) is 5.32 Å². The lowest BCUT2D eigenvalue weighted by molar-refractivity contribution is 0.0992. The Morgan fingerprint density at radius 1 is 1.06 bits per heavy atom. The van der Waals surface area contributed by atoms with Gasteiger partial charge in [-0.05, 0) is 50.1 Å². The Morgan fingerprint density at radius 2 is 1.84 bits per heavy atom. The average molecular weight is 450 g/mol. The van der Waals surface area contributed by atoms with Gasteiger partial charge in [0, 0.05) is 0 Å². The Kier molecular flexibility index (Phi) is 6.32. The first-order chi connectivity index (χ1) is 15.4. The number of hydrogen-bond donors (Lipinski definition) is 1. The van der Waals surface area contributed by atoms with Crippen LogP contribution in [0.15, 0.2) is 65.1 Å². The molecule has 0 aliphatic carbocycles. The van der Waals surface area contributed by atoms with Crippen LogP contribution in [-0.2, 0) is 13.2 Å². The summed E-state index contributed by atoms with van der Waals surface area (Å²) in [6, 6.07) is 19.0. The van der Waals surface area contributed by atoms with Gasteiger partial charge >= 0.3 is 0 Å². The van der Waals surface area contributed by atoms with Gasteiger partial charge < -0.3 is 14.5 Å². The molecule has 1 N–H and O–H groups in total. The molecule has 0 aliphatic rings. The minimum absolute atomic E-state index is 0.172. The first kappa shape index (κ1) is 21.7. The maximum atomic E-state index is 12.8. The molecular formula is C25H24ClN3O3. The number of rotatable bonds is 7. The summed E-state index contributed by atoms with van der Waals surface area (Å²) in [5, 5.41) is 8.04. The number of benzene rings is 2. The second kappa shape index (κ2) is 9.32. The van der Waals surface area contributed by atoms with Crippen LogP contribution in [0.4, 0.5) is 5.69 Å². The third-order valence-corrected chi connectivity index (χ3v) is 5.50. The van der Waals surface area contributed by atoms with Gasteiger partial charge in [0.1, 0.15) is 18.1 Å². The van der Waals surface area contributed by atoms with Crippen molar-refractivity contribution < 1.29 is 13.9 Å². The topological polar surface area (TPSA) is 69.3 Å². The maximum Gasteiger partial charge on any atom is 0.291 e. The van der Waals surface area contributed by atoms with Crippen molar-refractivity contribution in [3.05, 3.63) is 99.7 Å². The normalized spacial score (nSPS) is 10.9. The van der Waals surface area contributed by atoms with Crippen molar-refractivity contribution in [3.63, 3.8) is 0 Å². The molecule has 2 aromatic carbocycles. The van der Waals surface area contributed by atoms with E-state index in [1.54, 1.807) is 18.2 Å².